The van der Waals surface area contributed by atoms with Crippen LogP contribution in [0.1, 0.15) is 37.3 Å². The van der Waals surface area contributed by atoms with Crippen molar-refractivity contribution in [1.29, 1.82) is 0 Å². The van der Waals surface area contributed by atoms with Gasteiger partial charge in [-0.05, 0) is 36.8 Å². The Bertz CT molecular complexity index is 945. The molecule has 146 valence electrons. The van der Waals surface area contributed by atoms with Crippen molar-refractivity contribution in [2.75, 3.05) is 6.54 Å². The molecule has 0 aliphatic carbocycles. The van der Waals surface area contributed by atoms with Crippen molar-refractivity contribution in [1.82, 2.24) is 10.3 Å². The molecule has 1 amide bonds. The average Bonchev–Trinajstić information content (AvgIpc) is 3.14. The van der Waals surface area contributed by atoms with Gasteiger partial charge in [-0.3, -0.25) is 4.79 Å². The summed E-state index contributed by atoms with van der Waals surface area (Å²) in [4.78, 5) is 16.5. The fourth-order valence-corrected chi connectivity index (χ4v) is 2.97. The third-order valence-corrected chi connectivity index (χ3v) is 4.78. The summed E-state index contributed by atoms with van der Waals surface area (Å²) in [6.45, 7) is 6.85. The van der Waals surface area contributed by atoms with Crippen LogP contribution in [0.3, 0.4) is 0 Å². The van der Waals surface area contributed by atoms with Crippen molar-refractivity contribution < 1.29 is 13.6 Å². The molecule has 28 heavy (non-hydrogen) atoms. The van der Waals surface area contributed by atoms with E-state index in [1.807, 2.05) is 6.07 Å². The first kappa shape index (κ1) is 19.8. The van der Waals surface area contributed by atoms with E-state index in [9.17, 15) is 9.18 Å². The first-order chi connectivity index (χ1) is 13.3. The number of amides is 1. The Kier molecular flexibility index (Phi) is 5.93. The highest BCUT2D eigenvalue weighted by Gasteiger charge is 2.21. The van der Waals surface area contributed by atoms with Gasteiger partial charge in [-0.1, -0.05) is 43.7 Å². The predicted octanol–water partition coefficient (Wildman–Crippen LogP) is 4.82. The molecule has 0 bridgehead atoms. The number of benzene rings is 2. The van der Waals surface area contributed by atoms with Crippen LogP contribution in [0.5, 0.6) is 0 Å². The molecule has 3 aromatic rings. The van der Waals surface area contributed by atoms with E-state index in [4.69, 9.17) is 4.42 Å². The maximum atomic E-state index is 13.0. The van der Waals surface area contributed by atoms with Crippen molar-refractivity contribution >= 4 is 5.91 Å². The molecule has 1 N–H and O–H groups in total. The summed E-state index contributed by atoms with van der Waals surface area (Å²) in [5.74, 6) is 0.722. The lowest BCUT2D eigenvalue weighted by Gasteiger charge is -2.26. The lowest BCUT2D eigenvalue weighted by Crippen LogP contribution is -2.36. The Morgan fingerprint density at radius 2 is 1.93 bits per heavy atom. The number of aromatic nitrogens is 1. The molecule has 0 saturated carbocycles. The van der Waals surface area contributed by atoms with Crippen LogP contribution in [0, 0.1) is 12.7 Å². The molecule has 0 saturated heterocycles. The molecule has 0 radical (unpaired) electrons. The Morgan fingerprint density at radius 3 is 2.64 bits per heavy atom. The number of nitrogens with zero attached hydrogens (tertiary/aromatic N) is 1. The number of aryl methyl sites for hydroxylation is 2. The number of halogens is 1. The second kappa shape index (κ2) is 8.38. The van der Waals surface area contributed by atoms with Gasteiger partial charge in [0.1, 0.15) is 5.82 Å². The molecule has 1 aromatic heterocycles. The highest BCUT2D eigenvalue weighted by Crippen LogP contribution is 2.23. The van der Waals surface area contributed by atoms with Gasteiger partial charge in [0.15, 0.2) is 11.7 Å². The van der Waals surface area contributed by atoms with E-state index in [0.717, 1.165) is 5.56 Å². The van der Waals surface area contributed by atoms with Crippen molar-refractivity contribution in [3.8, 4) is 11.3 Å². The number of oxazole rings is 1. The Labute approximate surface area is 164 Å². The summed E-state index contributed by atoms with van der Waals surface area (Å²) >= 11 is 0. The minimum Gasteiger partial charge on any atom is -0.441 e. The highest BCUT2D eigenvalue weighted by atomic mass is 19.1. The van der Waals surface area contributed by atoms with E-state index in [1.165, 1.54) is 23.3 Å². The highest BCUT2D eigenvalue weighted by molar-refractivity contribution is 5.76. The third-order valence-electron chi connectivity index (χ3n) is 4.78. The standard InChI is InChI=1S/C23H25FN2O2/c1-16-5-4-6-18(13-16)23(2,3)15-26-21(27)11-12-22-25-14-20(28-22)17-7-9-19(24)10-8-17/h4-10,13-14H,11-12,15H2,1-3H3,(H,26,27). The number of carbonyl (C=O) groups is 1. The predicted molar refractivity (Wildman–Crippen MR) is 107 cm³/mol. The summed E-state index contributed by atoms with van der Waals surface area (Å²) in [5.41, 5.74) is 3.01. The summed E-state index contributed by atoms with van der Waals surface area (Å²) in [6.07, 6.45) is 2.31. The SMILES string of the molecule is Cc1cccc(C(C)(C)CNC(=O)CCc2ncc(-c3ccc(F)cc3)o2)c1. The van der Waals surface area contributed by atoms with E-state index >= 15 is 0 Å². The lowest BCUT2D eigenvalue weighted by atomic mass is 9.84. The van der Waals surface area contributed by atoms with Gasteiger partial charge in [-0.15, -0.1) is 0 Å². The summed E-state index contributed by atoms with van der Waals surface area (Å²) in [5, 5.41) is 3.01. The number of hydrogen-bond acceptors (Lipinski definition) is 3. The summed E-state index contributed by atoms with van der Waals surface area (Å²) in [7, 11) is 0. The number of nitrogens with one attached hydrogen (secondary N) is 1. The van der Waals surface area contributed by atoms with E-state index in [0.29, 0.717) is 31.0 Å². The fourth-order valence-electron chi connectivity index (χ4n) is 2.97. The number of carbonyl (C=O) groups excluding carboxylic acids is 1. The minimum absolute atomic E-state index is 0.0396. The van der Waals surface area contributed by atoms with Gasteiger partial charge in [0, 0.05) is 30.4 Å². The zero-order valence-corrected chi connectivity index (χ0v) is 16.5. The maximum Gasteiger partial charge on any atom is 0.220 e. The molecule has 0 fully saturated rings. The second-order valence-electron chi connectivity index (χ2n) is 7.66. The van der Waals surface area contributed by atoms with Crippen molar-refractivity contribution in [2.45, 2.75) is 39.0 Å². The Morgan fingerprint density at radius 1 is 1.18 bits per heavy atom. The van der Waals surface area contributed by atoms with Gasteiger partial charge in [0.25, 0.3) is 0 Å². The molecule has 5 heteroatoms. The third kappa shape index (κ3) is 5.06. The molecule has 0 atom stereocenters. The van der Waals surface area contributed by atoms with Gasteiger partial charge in [-0.25, -0.2) is 9.37 Å². The molecule has 0 spiro atoms. The molecular weight excluding hydrogens is 355 g/mol. The zero-order valence-electron chi connectivity index (χ0n) is 16.5. The van der Waals surface area contributed by atoms with Crippen molar-refractivity contribution in [3.63, 3.8) is 0 Å². The molecule has 0 aliphatic rings. The van der Waals surface area contributed by atoms with Gasteiger partial charge < -0.3 is 9.73 Å². The van der Waals surface area contributed by atoms with Crippen LogP contribution in [0.15, 0.2) is 59.1 Å². The van der Waals surface area contributed by atoms with Gasteiger partial charge in [0.2, 0.25) is 5.91 Å². The van der Waals surface area contributed by atoms with E-state index < -0.39 is 0 Å². The Hall–Kier alpha value is -2.95. The monoisotopic (exact) mass is 380 g/mol. The van der Waals surface area contributed by atoms with Crippen LogP contribution in [0.25, 0.3) is 11.3 Å². The first-order valence-corrected chi connectivity index (χ1v) is 9.38. The first-order valence-electron chi connectivity index (χ1n) is 9.38. The van der Waals surface area contributed by atoms with Crippen molar-refractivity contribution in [3.05, 3.63) is 77.6 Å². The Balaban J connectivity index is 1.51. The molecule has 1 heterocycles. The van der Waals surface area contributed by atoms with Gasteiger partial charge in [-0.2, -0.15) is 0 Å². The normalized spacial score (nSPS) is 11.4. The average molecular weight is 380 g/mol. The maximum absolute atomic E-state index is 13.0. The minimum atomic E-state index is -0.297. The molecule has 2 aromatic carbocycles. The topological polar surface area (TPSA) is 55.1 Å². The summed E-state index contributed by atoms with van der Waals surface area (Å²) in [6, 6.07) is 14.4. The van der Waals surface area contributed by atoms with Crippen LogP contribution in [-0.4, -0.2) is 17.4 Å². The quantitative estimate of drug-likeness (QED) is 0.640. The van der Waals surface area contributed by atoms with Gasteiger partial charge in [0.05, 0.1) is 6.20 Å². The van der Waals surface area contributed by atoms with E-state index in [-0.39, 0.29) is 17.1 Å². The van der Waals surface area contributed by atoms with Crippen LogP contribution >= 0.6 is 0 Å². The van der Waals surface area contributed by atoms with E-state index in [2.05, 4.69) is 49.3 Å². The largest absolute Gasteiger partial charge is 0.441 e. The van der Waals surface area contributed by atoms with Crippen LogP contribution < -0.4 is 5.32 Å². The number of rotatable bonds is 7. The fraction of sp³-hybridized carbons (Fsp3) is 0.304. The van der Waals surface area contributed by atoms with Crippen LogP contribution in [-0.2, 0) is 16.6 Å². The molecule has 3 rings (SSSR count). The van der Waals surface area contributed by atoms with Crippen LogP contribution in [0.4, 0.5) is 4.39 Å². The zero-order chi connectivity index (χ0) is 20.1. The second-order valence-corrected chi connectivity index (χ2v) is 7.66. The molecule has 4 nitrogen and oxygen atoms in total. The summed E-state index contributed by atoms with van der Waals surface area (Å²) < 4.78 is 18.7. The van der Waals surface area contributed by atoms with Crippen molar-refractivity contribution in [2.24, 2.45) is 0 Å². The lowest BCUT2D eigenvalue weighted by molar-refractivity contribution is -0.121. The molecular formula is C23H25FN2O2. The van der Waals surface area contributed by atoms with Crippen LogP contribution in [0.2, 0.25) is 0 Å². The smallest absolute Gasteiger partial charge is 0.220 e. The van der Waals surface area contributed by atoms with Gasteiger partial charge >= 0.3 is 0 Å². The molecule has 0 unspecified atom stereocenters. The number of hydrogen-bond donors (Lipinski definition) is 1. The molecule has 0 aliphatic heterocycles. The van der Waals surface area contributed by atoms with E-state index in [1.54, 1.807) is 18.3 Å².